The molecule has 0 fully saturated rings. The molecule has 1 aliphatic rings. The molecule has 1 N–H and O–H groups in total. The maximum Gasteiger partial charge on any atom is 0.162 e. The predicted octanol–water partition coefficient (Wildman–Crippen LogP) is 1.75. The summed E-state index contributed by atoms with van der Waals surface area (Å²) in [5, 5.41) is 4.06. The summed E-state index contributed by atoms with van der Waals surface area (Å²) >= 11 is 3.83. The van der Waals surface area contributed by atoms with Crippen LogP contribution in [0, 0.1) is 4.05 Å². The lowest BCUT2D eigenvalue weighted by Gasteiger charge is -2.11. The highest BCUT2D eigenvalue weighted by atomic mass is 127. The van der Waals surface area contributed by atoms with Crippen molar-refractivity contribution >= 4 is 39.5 Å². The summed E-state index contributed by atoms with van der Waals surface area (Å²) in [6, 6.07) is 0. The Kier molecular flexibility index (Phi) is 2.84. The molecular formula is C5H6IN2S. The van der Waals surface area contributed by atoms with Crippen LogP contribution in [0.4, 0.5) is 0 Å². The number of amidine groups is 1. The van der Waals surface area contributed by atoms with Crippen molar-refractivity contribution in [3.63, 3.8) is 0 Å². The molecule has 49 valence electrons. The van der Waals surface area contributed by atoms with Crippen molar-refractivity contribution in [3.05, 3.63) is 16.3 Å². The van der Waals surface area contributed by atoms with E-state index in [2.05, 4.69) is 32.9 Å². The number of nitrogens with zero attached hydrogens (tertiary/aromatic N) is 1. The molecule has 1 aliphatic heterocycles. The van der Waals surface area contributed by atoms with E-state index in [1.165, 1.54) is 0 Å². The molecular weight excluding hydrogens is 247 g/mol. The number of aliphatic imine (C=N–C) groups is 1. The van der Waals surface area contributed by atoms with Gasteiger partial charge >= 0.3 is 0 Å². The fraction of sp³-hybridized carbons (Fsp3) is 0.200. The summed E-state index contributed by atoms with van der Waals surface area (Å²) in [7, 11) is 0. The first-order chi connectivity index (χ1) is 4.33. The van der Waals surface area contributed by atoms with E-state index in [1.807, 2.05) is 12.3 Å². The van der Waals surface area contributed by atoms with Crippen LogP contribution in [0.25, 0.3) is 0 Å². The fourth-order valence-electron chi connectivity index (χ4n) is 0.450. The van der Waals surface area contributed by atoms with Gasteiger partial charge in [-0.15, -0.1) is 0 Å². The normalized spacial score (nSPS) is 19.1. The molecule has 0 atom stereocenters. The van der Waals surface area contributed by atoms with Gasteiger partial charge in [0.2, 0.25) is 0 Å². The zero-order valence-electron chi connectivity index (χ0n) is 4.89. The first-order valence-corrected chi connectivity index (χ1v) is 4.71. The van der Waals surface area contributed by atoms with Crippen LogP contribution in [0.2, 0.25) is 0 Å². The number of hydrogen-bond acceptors (Lipinski definition) is 3. The molecule has 0 aromatic heterocycles. The molecule has 1 heterocycles. The highest BCUT2D eigenvalue weighted by molar-refractivity contribution is 14.1. The van der Waals surface area contributed by atoms with Crippen LogP contribution >= 0.6 is 34.4 Å². The Morgan fingerprint density at radius 1 is 1.78 bits per heavy atom. The Morgan fingerprint density at radius 3 is 3.00 bits per heavy atom. The zero-order valence-corrected chi connectivity index (χ0v) is 7.86. The molecule has 0 spiro atoms. The average Bonchev–Trinajstić information content (AvgIpc) is 1.88. The summed E-state index contributed by atoms with van der Waals surface area (Å²) in [4.78, 5) is 4.06. The quantitative estimate of drug-likeness (QED) is 0.525. The third-order valence-corrected chi connectivity index (χ3v) is 2.06. The van der Waals surface area contributed by atoms with Crippen LogP contribution in [0.1, 0.15) is 0 Å². The van der Waals surface area contributed by atoms with E-state index in [-0.39, 0.29) is 0 Å². The van der Waals surface area contributed by atoms with E-state index in [9.17, 15) is 0 Å². The van der Waals surface area contributed by atoms with Crippen molar-refractivity contribution in [1.29, 1.82) is 0 Å². The molecule has 0 saturated carbocycles. The largest absolute Gasteiger partial charge is 0.344 e. The molecule has 0 amide bonds. The highest BCUT2D eigenvalue weighted by Crippen LogP contribution is 2.14. The lowest BCUT2D eigenvalue weighted by molar-refractivity contribution is 1.14. The Morgan fingerprint density at radius 2 is 2.56 bits per heavy atom. The minimum Gasteiger partial charge on any atom is -0.344 e. The lowest BCUT2D eigenvalue weighted by atomic mass is 10.6. The second-order valence-corrected chi connectivity index (χ2v) is 3.38. The van der Waals surface area contributed by atoms with Crippen LogP contribution in [0.3, 0.4) is 0 Å². The first-order valence-electron chi connectivity index (χ1n) is 2.41. The van der Waals surface area contributed by atoms with Crippen molar-refractivity contribution in [3.8, 4) is 0 Å². The van der Waals surface area contributed by atoms with Gasteiger partial charge < -0.3 is 5.32 Å². The van der Waals surface area contributed by atoms with Gasteiger partial charge in [0.25, 0.3) is 0 Å². The highest BCUT2D eigenvalue weighted by Gasteiger charge is 2.05. The third-order valence-electron chi connectivity index (χ3n) is 0.832. The minimum atomic E-state index is 0.960. The van der Waals surface area contributed by atoms with Gasteiger partial charge in [-0.05, 0) is 34.9 Å². The summed E-state index contributed by atoms with van der Waals surface area (Å²) in [5.41, 5.74) is 0. The second-order valence-electron chi connectivity index (χ2n) is 1.43. The Labute approximate surface area is 72.3 Å². The molecule has 1 radical (unpaired) electrons. The topological polar surface area (TPSA) is 24.4 Å². The third kappa shape index (κ3) is 2.17. The molecule has 0 aliphatic carbocycles. The molecule has 1 rings (SSSR count). The predicted molar refractivity (Wildman–Crippen MR) is 50.5 cm³/mol. The molecule has 9 heavy (non-hydrogen) atoms. The van der Waals surface area contributed by atoms with Gasteiger partial charge in [-0.2, -0.15) is 0 Å². The van der Waals surface area contributed by atoms with Crippen LogP contribution < -0.4 is 5.32 Å². The van der Waals surface area contributed by atoms with Gasteiger partial charge in [-0.25, -0.2) is 4.99 Å². The molecule has 0 bridgehead atoms. The summed E-state index contributed by atoms with van der Waals surface area (Å²) in [6.07, 6.45) is 5.72. The van der Waals surface area contributed by atoms with E-state index in [1.54, 1.807) is 18.0 Å². The van der Waals surface area contributed by atoms with Gasteiger partial charge in [0, 0.05) is 6.20 Å². The molecule has 0 unspecified atom stereocenters. The van der Waals surface area contributed by atoms with Gasteiger partial charge in [-0.3, -0.25) is 0 Å². The van der Waals surface area contributed by atoms with Crippen molar-refractivity contribution in [2.24, 2.45) is 4.99 Å². The second kappa shape index (κ2) is 3.46. The monoisotopic (exact) mass is 253 g/mol. The van der Waals surface area contributed by atoms with Gasteiger partial charge in [0.1, 0.15) is 4.05 Å². The van der Waals surface area contributed by atoms with Crippen molar-refractivity contribution in [1.82, 2.24) is 5.32 Å². The van der Waals surface area contributed by atoms with E-state index < -0.39 is 0 Å². The van der Waals surface area contributed by atoms with Crippen LogP contribution in [0.15, 0.2) is 17.3 Å². The molecule has 2 nitrogen and oxygen atoms in total. The van der Waals surface area contributed by atoms with E-state index in [4.69, 9.17) is 0 Å². The summed E-state index contributed by atoms with van der Waals surface area (Å²) in [5.74, 6) is 0. The number of hydrogen-bond donors (Lipinski definition) is 1. The number of nitrogens with one attached hydrogen (secondary N) is 1. The average molecular weight is 253 g/mol. The summed E-state index contributed by atoms with van der Waals surface area (Å²) < 4.78 is 1.12. The zero-order chi connectivity index (χ0) is 6.69. The maximum atomic E-state index is 4.06. The standard InChI is InChI=1S/C5H6IN2S/c1-9-5-7-3-2-4(6)8-5/h2-3H,1H3,(H,7,8). The number of rotatable bonds is 0. The van der Waals surface area contributed by atoms with Crippen molar-refractivity contribution < 1.29 is 0 Å². The van der Waals surface area contributed by atoms with Gasteiger partial charge in [0.05, 0.1) is 0 Å². The SMILES string of the molecule is CSC1=NC=C[C](I)N1. The molecule has 0 saturated heterocycles. The van der Waals surface area contributed by atoms with Crippen LogP contribution in [-0.4, -0.2) is 11.4 Å². The van der Waals surface area contributed by atoms with Gasteiger partial charge in [-0.1, -0.05) is 11.8 Å². The summed E-state index contributed by atoms with van der Waals surface area (Å²) in [6.45, 7) is 0. The van der Waals surface area contributed by atoms with Crippen LogP contribution in [-0.2, 0) is 0 Å². The minimum absolute atomic E-state index is 0.960. The number of thioether (sulfide) groups is 1. The Hall–Kier alpha value is 0.290. The van der Waals surface area contributed by atoms with E-state index in [0.29, 0.717) is 0 Å². The smallest absolute Gasteiger partial charge is 0.162 e. The Balaban J connectivity index is 2.55. The van der Waals surface area contributed by atoms with E-state index >= 15 is 0 Å². The first kappa shape index (κ1) is 7.40. The van der Waals surface area contributed by atoms with E-state index in [0.717, 1.165) is 9.22 Å². The molecule has 0 aromatic carbocycles. The Bertz CT molecular complexity index is 155. The maximum absolute atomic E-state index is 4.06. The van der Waals surface area contributed by atoms with Crippen LogP contribution in [0.5, 0.6) is 0 Å². The number of halogens is 1. The molecule has 4 heteroatoms. The molecule has 0 aromatic rings. The van der Waals surface area contributed by atoms with Crippen molar-refractivity contribution in [2.75, 3.05) is 6.26 Å². The lowest BCUT2D eigenvalue weighted by Crippen LogP contribution is -2.22. The van der Waals surface area contributed by atoms with Crippen molar-refractivity contribution in [2.45, 2.75) is 0 Å². The fourth-order valence-corrected chi connectivity index (χ4v) is 1.43. The van der Waals surface area contributed by atoms with Gasteiger partial charge in [0.15, 0.2) is 5.17 Å².